The molecule has 2 aliphatic carbocycles. The topological polar surface area (TPSA) is 72.7 Å². The van der Waals surface area contributed by atoms with Crippen LogP contribution in [0.1, 0.15) is 25.7 Å². The van der Waals surface area contributed by atoms with Crippen molar-refractivity contribution in [2.75, 3.05) is 5.75 Å². The van der Waals surface area contributed by atoms with E-state index in [-0.39, 0.29) is 5.91 Å². The summed E-state index contributed by atoms with van der Waals surface area (Å²) in [6, 6.07) is 0.427. The molecule has 2 saturated carbocycles. The molecule has 7 heteroatoms. The van der Waals surface area contributed by atoms with Crippen molar-refractivity contribution in [2.24, 2.45) is 18.9 Å². The van der Waals surface area contributed by atoms with Gasteiger partial charge in [-0.15, -0.1) is 5.10 Å². The van der Waals surface area contributed by atoms with Gasteiger partial charge in [0.15, 0.2) is 0 Å². The molecule has 2 aliphatic rings. The third-order valence-electron chi connectivity index (χ3n) is 3.50. The Morgan fingerprint density at radius 2 is 2.11 bits per heavy atom. The van der Waals surface area contributed by atoms with Crippen molar-refractivity contribution >= 4 is 17.7 Å². The van der Waals surface area contributed by atoms with E-state index >= 15 is 0 Å². The fourth-order valence-corrected chi connectivity index (χ4v) is 2.89. The van der Waals surface area contributed by atoms with Gasteiger partial charge in [0.2, 0.25) is 11.1 Å². The van der Waals surface area contributed by atoms with Gasteiger partial charge in [0.25, 0.3) is 0 Å². The molecule has 0 aromatic carbocycles. The first-order valence-electron chi connectivity index (χ1n) is 6.38. The molecule has 1 N–H and O–H groups in total. The third-order valence-corrected chi connectivity index (χ3v) is 4.51. The number of hydrogen-bond acceptors (Lipinski definition) is 5. The van der Waals surface area contributed by atoms with Gasteiger partial charge >= 0.3 is 0 Å². The Morgan fingerprint density at radius 1 is 1.44 bits per heavy atom. The molecule has 0 bridgehead atoms. The standard InChI is InChI=1S/C11H17N5OS/c1-16-11(13-14-15-16)18-6-9(17)12-10(7-2-3-7)8-4-5-8/h7-8,10H,2-6H2,1H3,(H,12,17). The molecule has 1 amide bonds. The van der Waals surface area contributed by atoms with Gasteiger partial charge in [-0.2, -0.15) is 0 Å². The molecule has 98 valence electrons. The zero-order chi connectivity index (χ0) is 12.5. The zero-order valence-electron chi connectivity index (χ0n) is 10.4. The maximum atomic E-state index is 11.9. The van der Waals surface area contributed by atoms with E-state index in [0.29, 0.717) is 17.0 Å². The van der Waals surface area contributed by atoms with E-state index in [2.05, 4.69) is 20.8 Å². The second kappa shape index (κ2) is 4.87. The highest BCUT2D eigenvalue weighted by Crippen LogP contribution is 2.44. The minimum atomic E-state index is 0.104. The highest BCUT2D eigenvalue weighted by molar-refractivity contribution is 7.99. The molecule has 3 rings (SSSR count). The van der Waals surface area contributed by atoms with Crippen LogP contribution in [0.3, 0.4) is 0 Å². The number of carbonyl (C=O) groups is 1. The average Bonchev–Trinajstić information content (AvgIpc) is 3.24. The number of carbonyl (C=O) groups excluding carboxylic acids is 1. The van der Waals surface area contributed by atoms with E-state index < -0.39 is 0 Å². The summed E-state index contributed by atoms with van der Waals surface area (Å²) in [6.45, 7) is 0. The van der Waals surface area contributed by atoms with Crippen molar-refractivity contribution in [1.82, 2.24) is 25.5 Å². The fourth-order valence-electron chi connectivity index (χ4n) is 2.23. The number of hydrogen-bond donors (Lipinski definition) is 1. The van der Waals surface area contributed by atoms with Crippen LogP contribution in [-0.4, -0.2) is 37.9 Å². The van der Waals surface area contributed by atoms with Crippen molar-refractivity contribution in [2.45, 2.75) is 36.9 Å². The van der Waals surface area contributed by atoms with Crippen LogP contribution in [0.4, 0.5) is 0 Å². The number of aryl methyl sites for hydroxylation is 1. The maximum absolute atomic E-state index is 11.9. The number of nitrogens with zero attached hydrogens (tertiary/aromatic N) is 4. The van der Waals surface area contributed by atoms with E-state index in [4.69, 9.17) is 0 Å². The van der Waals surface area contributed by atoms with Crippen LogP contribution < -0.4 is 5.32 Å². The lowest BCUT2D eigenvalue weighted by Crippen LogP contribution is -2.39. The molecule has 2 fully saturated rings. The van der Waals surface area contributed by atoms with Gasteiger partial charge in [-0.3, -0.25) is 4.79 Å². The molecule has 18 heavy (non-hydrogen) atoms. The highest BCUT2D eigenvalue weighted by Gasteiger charge is 2.42. The van der Waals surface area contributed by atoms with Crippen molar-refractivity contribution in [3.8, 4) is 0 Å². The van der Waals surface area contributed by atoms with E-state index in [0.717, 1.165) is 11.8 Å². The summed E-state index contributed by atoms with van der Waals surface area (Å²) in [5.41, 5.74) is 0. The first kappa shape index (κ1) is 12.0. The molecule has 1 heterocycles. The predicted octanol–water partition coefficient (Wildman–Crippen LogP) is 0.607. The van der Waals surface area contributed by atoms with Crippen LogP contribution in [0.15, 0.2) is 5.16 Å². The molecule has 6 nitrogen and oxygen atoms in total. The second-order valence-electron chi connectivity index (χ2n) is 5.14. The van der Waals surface area contributed by atoms with Crippen LogP contribution in [0.5, 0.6) is 0 Å². The number of aromatic nitrogens is 4. The molecule has 0 unspecified atom stereocenters. The van der Waals surface area contributed by atoms with Crippen LogP contribution >= 0.6 is 11.8 Å². The summed E-state index contributed by atoms with van der Waals surface area (Å²) in [5, 5.41) is 15.0. The Hall–Kier alpha value is -1.11. The summed E-state index contributed by atoms with van der Waals surface area (Å²) >= 11 is 1.38. The molecular formula is C11H17N5OS. The van der Waals surface area contributed by atoms with Crippen LogP contribution in [0.2, 0.25) is 0 Å². The van der Waals surface area contributed by atoms with Crippen LogP contribution in [0.25, 0.3) is 0 Å². The highest BCUT2D eigenvalue weighted by atomic mass is 32.2. The van der Waals surface area contributed by atoms with Crippen LogP contribution in [0, 0.1) is 11.8 Å². The quantitative estimate of drug-likeness (QED) is 0.764. The number of amides is 1. The summed E-state index contributed by atoms with van der Waals surface area (Å²) in [6.07, 6.45) is 5.12. The van der Waals surface area contributed by atoms with Gasteiger partial charge in [0.1, 0.15) is 0 Å². The fraction of sp³-hybridized carbons (Fsp3) is 0.818. The third kappa shape index (κ3) is 2.82. The van der Waals surface area contributed by atoms with Gasteiger partial charge < -0.3 is 5.32 Å². The molecule has 1 aromatic rings. The Kier molecular flexibility index (Phi) is 3.23. The van der Waals surface area contributed by atoms with Gasteiger partial charge in [-0.05, 0) is 47.9 Å². The molecule has 0 saturated heterocycles. The lowest BCUT2D eigenvalue weighted by molar-refractivity contribution is -0.119. The predicted molar refractivity (Wildman–Crippen MR) is 66.9 cm³/mol. The smallest absolute Gasteiger partial charge is 0.230 e. The minimum absolute atomic E-state index is 0.104. The average molecular weight is 267 g/mol. The molecule has 0 atom stereocenters. The SMILES string of the molecule is Cn1nnnc1SCC(=O)NC(C1CC1)C1CC1. The first-order chi connectivity index (χ1) is 8.74. The van der Waals surface area contributed by atoms with Gasteiger partial charge in [0.05, 0.1) is 5.75 Å². The number of thioether (sulfide) groups is 1. The van der Waals surface area contributed by atoms with Gasteiger partial charge in [-0.1, -0.05) is 11.8 Å². The Balaban J connectivity index is 1.47. The number of rotatable bonds is 6. The van der Waals surface area contributed by atoms with Crippen molar-refractivity contribution in [3.05, 3.63) is 0 Å². The largest absolute Gasteiger partial charge is 0.352 e. The Morgan fingerprint density at radius 3 is 2.61 bits per heavy atom. The van der Waals surface area contributed by atoms with Crippen molar-refractivity contribution in [1.29, 1.82) is 0 Å². The lowest BCUT2D eigenvalue weighted by Gasteiger charge is -2.17. The summed E-state index contributed by atoms with van der Waals surface area (Å²) in [5.74, 6) is 1.97. The van der Waals surface area contributed by atoms with Crippen LogP contribution in [-0.2, 0) is 11.8 Å². The minimum Gasteiger partial charge on any atom is -0.352 e. The first-order valence-corrected chi connectivity index (χ1v) is 7.37. The van der Waals surface area contributed by atoms with E-state index in [1.165, 1.54) is 37.4 Å². The van der Waals surface area contributed by atoms with Crippen molar-refractivity contribution < 1.29 is 4.79 Å². The normalized spacial score (nSPS) is 19.2. The van der Waals surface area contributed by atoms with Gasteiger partial charge in [-0.25, -0.2) is 4.68 Å². The van der Waals surface area contributed by atoms with Gasteiger partial charge in [0, 0.05) is 13.1 Å². The van der Waals surface area contributed by atoms with E-state index in [9.17, 15) is 4.79 Å². The zero-order valence-corrected chi connectivity index (χ0v) is 11.2. The monoisotopic (exact) mass is 267 g/mol. The lowest BCUT2D eigenvalue weighted by atomic mass is 10.1. The molecule has 0 radical (unpaired) electrons. The summed E-state index contributed by atoms with van der Waals surface area (Å²) in [7, 11) is 1.78. The maximum Gasteiger partial charge on any atom is 0.230 e. The molecular weight excluding hydrogens is 250 g/mol. The number of tetrazole rings is 1. The van der Waals surface area contributed by atoms with E-state index in [1.54, 1.807) is 11.7 Å². The number of nitrogens with one attached hydrogen (secondary N) is 1. The summed E-state index contributed by atoms with van der Waals surface area (Å²) < 4.78 is 1.58. The molecule has 0 spiro atoms. The Labute approximate surface area is 110 Å². The molecule has 1 aromatic heterocycles. The molecule has 0 aliphatic heterocycles. The van der Waals surface area contributed by atoms with E-state index in [1.807, 2.05) is 0 Å². The van der Waals surface area contributed by atoms with Crippen molar-refractivity contribution in [3.63, 3.8) is 0 Å². The Bertz CT molecular complexity index is 428. The second-order valence-corrected chi connectivity index (χ2v) is 6.08. The summed E-state index contributed by atoms with van der Waals surface area (Å²) in [4.78, 5) is 11.9.